The lowest BCUT2D eigenvalue weighted by Gasteiger charge is -2.07. The van der Waals surface area contributed by atoms with Gasteiger partial charge in [0.25, 0.3) is 0 Å². The molecule has 1 aromatic carbocycles. The van der Waals surface area contributed by atoms with Crippen LogP contribution in [-0.4, -0.2) is 37.1 Å². The molecule has 98 valence electrons. The number of carbonyl (C=O) groups is 1. The summed E-state index contributed by atoms with van der Waals surface area (Å²) >= 11 is 0. The molecule has 0 amide bonds. The van der Waals surface area contributed by atoms with Crippen LogP contribution in [0, 0.1) is 0 Å². The molecule has 1 aliphatic heterocycles. The van der Waals surface area contributed by atoms with Gasteiger partial charge in [-0.05, 0) is 11.1 Å². The average Bonchev–Trinajstić information content (AvgIpc) is 3.17. The molecule has 3 unspecified atom stereocenters. The van der Waals surface area contributed by atoms with Crippen LogP contribution in [0.15, 0.2) is 24.3 Å². The lowest BCUT2D eigenvalue weighted by Crippen LogP contribution is -2.19. The number of halogens is 1. The number of carbonyl (C=O) groups excluding carboxylic acids is 1. The molecule has 1 fully saturated rings. The van der Waals surface area contributed by atoms with Gasteiger partial charge in [0.1, 0.15) is 12.2 Å². The van der Waals surface area contributed by atoms with Crippen LogP contribution in [0.25, 0.3) is 0 Å². The van der Waals surface area contributed by atoms with Crippen LogP contribution in [0.5, 0.6) is 0 Å². The van der Waals surface area contributed by atoms with Crippen molar-refractivity contribution in [2.45, 2.75) is 24.8 Å². The molecule has 1 aromatic rings. The zero-order valence-electron chi connectivity index (χ0n) is 10.0. The van der Waals surface area contributed by atoms with Gasteiger partial charge in [-0.1, -0.05) is 24.3 Å². The molecule has 0 aromatic heterocycles. The van der Waals surface area contributed by atoms with Gasteiger partial charge in [0.2, 0.25) is 6.17 Å². The van der Waals surface area contributed by atoms with E-state index in [1.807, 2.05) is 6.07 Å². The SMILES string of the molecule is COC(=O)C(F)Cc1cccc(C2OC2CO)c1. The van der Waals surface area contributed by atoms with Crippen LogP contribution in [0.4, 0.5) is 4.39 Å². The van der Waals surface area contributed by atoms with Crippen LogP contribution in [-0.2, 0) is 20.7 Å². The summed E-state index contributed by atoms with van der Waals surface area (Å²) in [6.07, 6.45) is -1.95. The molecule has 1 saturated heterocycles. The molecule has 4 nitrogen and oxygen atoms in total. The fourth-order valence-corrected chi connectivity index (χ4v) is 1.89. The molecule has 5 heteroatoms. The first-order chi connectivity index (χ1) is 8.65. The molecule has 2 rings (SSSR count). The molecule has 1 aliphatic rings. The minimum absolute atomic E-state index is 0.0168. The minimum atomic E-state index is -1.65. The Morgan fingerprint density at radius 3 is 3.00 bits per heavy atom. The van der Waals surface area contributed by atoms with Crippen molar-refractivity contribution in [1.29, 1.82) is 0 Å². The molecule has 0 spiro atoms. The van der Waals surface area contributed by atoms with Crippen molar-refractivity contribution in [2.75, 3.05) is 13.7 Å². The van der Waals surface area contributed by atoms with Gasteiger partial charge >= 0.3 is 5.97 Å². The molecule has 1 N–H and O–H groups in total. The predicted octanol–water partition coefficient (Wildman–Crippen LogP) is 1.17. The lowest BCUT2D eigenvalue weighted by molar-refractivity contribution is -0.146. The van der Waals surface area contributed by atoms with Gasteiger partial charge in [-0.25, -0.2) is 9.18 Å². The second kappa shape index (κ2) is 5.46. The number of benzene rings is 1. The number of aliphatic hydroxyl groups excluding tert-OH is 1. The van der Waals surface area contributed by atoms with Crippen LogP contribution >= 0.6 is 0 Å². The highest BCUT2D eigenvalue weighted by Crippen LogP contribution is 2.38. The first-order valence-corrected chi connectivity index (χ1v) is 5.72. The Kier molecular flexibility index (Phi) is 3.93. The monoisotopic (exact) mass is 254 g/mol. The third-order valence-electron chi connectivity index (χ3n) is 2.91. The average molecular weight is 254 g/mol. The van der Waals surface area contributed by atoms with Crippen molar-refractivity contribution in [3.05, 3.63) is 35.4 Å². The Morgan fingerprint density at radius 2 is 2.39 bits per heavy atom. The number of aliphatic hydroxyl groups is 1. The van der Waals surface area contributed by atoms with Gasteiger partial charge in [-0.15, -0.1) is 0 Å². The molecule has 18 heavy (non-hydrogen) atoms. The van der Waals surface area contributed by atoms with Crippen molar-refractivity contribution in [1.82, 2.24) is 0 Å². The Labute approximate surface area is 104 Å². The highest BCUT2D eigenvalue weighted by Gasteiger charge is 2.39. The first-order valence-electron chi connectivity index (χ1n) is 5.72. The van der Waals surface area contributed by atoms with Crippen LogP contribution in [0.2, 0.25) is 0 Å². The van der Waals surface area contributed by atoms with E-state index in [4.69, 9.17) is 9.84 Å². The molecular formula is C13H15FO4. The van der Waals surface area contributed by atoms with Gasteiger partial charge < -0.3 is 14.6 Å². The number of esters is 1. The molecular weight excluding hydrogens is 239 g/mol. The highest BCUT2D eigenvalue weighted by atomic mass is 19.1. The van der Waals surface area contributed by atoms with Gasteiger partial charge in [-0.2, -0.15) is 0 Å². The normalized spacial score (nSPS) is 23.5. The van der Waals surface area contributed by atoms with Crippen LogP contribution < -0.4 is 0 Å². The standard InChI is InChI=1S/C13H15FO4/c1-17-13(16)10(14)6-8-3-2-4-9(5-8)12-11(7-15)18-12/h2-5,10-12,15H,6-7H2,1H3. The number of alkyl halides is 1. The largest absolute Gasteiger partial charge is 0.467 e. The van der Waals surface area contributed by atoms with Crippen molar-refractivity contribution in [3.8, 4) is 0 Å². The van der Waals surface area contributed by atoms with E-state index in [1.165, 1.54) is 0 Å². The second-order valence-corrected chi connectivity index (χ2v) is 4.22. The summed E-state index contributed by atoms with van der Waals surface area (Å²) in [7, 11) is 1.16. The number of rotatable bonds is 5. The zero-order valence-corrected chi connectivity index (χ0v) is 10.0. The third kappa shape index (κ3) is 2.86. The Bertz CT molecular complexity index is 435. The molecule has 0 saturated carbocycles. The van der Waals surface area contributed by atoms with E-state index >= 15 is 0 Å². The van der Waals surface area contributed by atoms with Gasteiger partial charge in [0, 0.05) is 6.42 Å². The Balaban J connectivity index is 2.02. The van der Waals surface area contributed by atoms with Gasteiger partial charge in [-0.3, -0.25) is 0 Å². The zero-order chi connectivity index (χ0) is 13.1. The van der Waals surface area contributed by atoms with Gasteiger partial charge in [0.15, 0.2) is 0 Å². The Morgan fingerprint density at radius 1 is 1.61 bits per heavy atom. The molecule has 0 bridgehead atoms. The van der Waals surface area contributed by atoms with Crippen LogP contribution in [0.1, 0.15) is 17.2 Å². The van der Waals surface area contributed by atoms with E-state index in [2.05, 4.69) is 4.74 Å². The quantitative estimate of drug-likeness (QED) is 0.633. The number of hydrogen-bond acceptors (Lipinski definition) is 4. The summed E-state index contributed by atoms with van der Waals surface area (Å²) in [5, 5.41) is 8.91. The number of methoxy groups -OCH3 is 1. The van der Waals surface area contributed by atoms with E-state index in [9.17, 15) is 9.18 Å². The second-order valence-electron chi connectivity index (χ2n) is 4.22. The Hall–Kier alpha value is -1.46. The first kappa shape index (κ1) is 13.0. The van der Waals surface area contributed by atoms with E-state index in [-0.39, 0.29) is 25.2 Å². The summed E-state index contributed by atoms with van der Waals surface area (Å²) in [5.41, 5.74) is 1.60. The van der Waals surface area contributed by atoms with Crippen LogP contribution in [0.3, 0.4) is 0 Å². The van der Waals surface area contributed by atoms with E-state index in [0.717, 1.165) is 12.7 Å². The third-order valence-corrected chi connectivity index (χ3v) is 2.91. The number of hydrogen-bond donors (Lipinski definition) is 1. The maximum Gasteiger partial charge on any atom is 0.340 e. The summed E-state index contributed by atoms with van der Waals surface area (Å²) in [5.74, 6) is -0.865. The van der Waals surface area contributed by atoms with Crippen molar-refractivity contribution < 1.29 is 23.8 Å². The molecule has 3 atom stereocenters. The summed E-state index contributed by atoms with van der Waals surface area (Å²) < 4.78 is 23.0. The van der Waals surface area contributed by atoms with E-state index < -0.39 is 12.1 Å². The predicted molar refractivity (Wildman–Crippen MR) is 61.8 cm³/mol. The van der Waals surface area contributed by atoms with Crippen molar-refractivity contribution in [3.63, 3.8) is 0 Å². The maximum absolute atomic E-state index is 13.4. The summed E-state index contributed by atoms with van der Waals surface area (Å²) in [6, 6.07) is 7.17. The smallest absolute Gasteiger partial charge is 0.340 e. The molecule has 0 radical (unpaired) electrons. The number of epoxide rings is 1. The topological polar surface area (TPSA) is 59.1 Å². The van der Waals surface area contributed by atoms with Gasteiger partial charge in [0.05, 0.1) is 13.7 Å². The van der Waals surface area contributed by atoms with Crippen molar-refractivity contribution in [2.24, 2.45) is 0 Å². The molecule has 0 aliphatic carbocycles. The summed E-state index contributed by atoms with van der Waals surface area (Å²) in [6.45, 7) is -0.0250. The fraction of sp³-hybridized carbons (Fsp3) is 0.462. The number of ether oxygens (including phenoxy) is 2. The lowest BCUT2D eigenvalue weighted by atomic mass is 10.0. The van der Waals surface area contributed by atoms with Crippen molar-refractivity contribution >= 4 is 5.97 Å². The molecule has 1 heterocycles. The minimum Gasteiger partial charge on any atom is -0.467 e. The van der Waals surface area contributed by atoms with E-state index in [1.54, 1.807) is 18.2 Å². The summed E-state index contributed by atoms with van der Waals surface area (Å²) in [4.78, 5) is 11.0. The highest BCUT2D eigenvalue weighted by molar-refractivity contribution is 5.74. The maximum atomic E-state index is 13.4. The fourth-order valence-electron chi connectivity index (χ4n) is 1.89. The van der Waals surface area contributed by atoms with E-state index in [0.29, 0.717) is 5.56 Å².